The van der Waals surface area contributed by atoms with Crippen LogP contribution in [0.3, 0.4) is 0 Å². The minimum atomic E-state index is -0.655. The molecule has 1 aromatic rings. The summed E-state index contributed by atoms with van der Waals surface area (Å²) in [6, 6.07) is 0.268. The number of piperidine rings is 1. The van der Waals surface area contributed by atoms with E-state index in [1.807, 2.05) is 4.98 Å². The number of hydrogen-bond acceptors (Lipinski definition) is 4. The van der Waals surface area contributed by atoms with Crippen molar-refractivity contribution in [3.8, 4) is 0 Å². The van der Waals surface area contributed by atoms with Crippen molar-refractivity contribution in [3.63, 3.8) is 0 Å². The predicted octanol–water partition coefficient (Wildman–Crippen LogP) is -0.723. The van der Waals surface area contributed by atoms with Gasteiger partial charge in [0.15, 0.2) is 0 Å². The first kappa shape index (κ1) is 13.5. The van der Waals surface area contributed by atoms with Crippen molar-refractivity contribution in [2.45, 2.75) is 25.3 Å². The van der Waals surface area contributed by atoms with Crippen molar-refractivity contribution in [2.24, 2.45) is 0 Å². The Morgan fingerprint density at radius 1 is 1.42 bits per heavy atom. The van der Waals surface area contributed by atoms with E-state index in [0.717, 1.165) is 32.0 Å². The van der Waals surface area contributed by atoms with Crippen LogP contribution in [0.25, 0.3) is 0 Å². The monoisotopic (exact) mass is 266 g/mol. The van der Waals surface area contributed by atoms with Gasteiger partial charge in [-0.2, -0.15) is 0 Å². The van der Waals surface area contributed by atoms with Crippen LogP contribution in [0.2, 0.25) is 0 Å². The number of nitrogens with one attached hydrogen (secondary N) is 3. The van der Waals surface area contributed by atoms with Gasteiger partial charge >= 0.3 is 5.69 Å². The fraction of sp³-hybridized carbons (Fsp3) is 0.583. The highest BCUT2D eigenvalue weighted by molar-refractivity contribution is 5.93. The molecule has 0 radical (unpaired) electrons. The quantitative estimate of drug-likeness (QED) is 0.672. The lowest BCUT2D eigenvalue weighted by Gasteiger charge is -2.28. The zero-order chi connectivity index (χ0) is 13.8. The predicted molar refractivity (Wildman–Crippen MR) is 70.3 cm³/mol. The highest BCUT2D eigenvalue weighted by Crippen LogP contribution is 2.08. The van der Waals surface area contributed by atoms with Gasteiger partial charge in [-0.1, -0.05) is 6.42 Å². The summed E-state index contributed by atoms with van der Waals surface area (Å²) in [6.45, 7) is 1.52. The largest absolute Gasteiger partial charge is 0.340 e. The van der Waals surface area contributed by atoms with Gasteiger partial charge in [-0.15, -0.1) is 0 Å². The summed E-state index contributed by atoms with van der Waals surface area (Å²) < 4.78 is 0. The molecule has 1 saturated heterocycles. The van der Waals surface area contributed by atoms with E-state index in [-0.39, 0.29) is 17.5 Å². The van der Waals surface area contributed by atoms with Crippen molar-refractivity contribution < 1.29 is 4.79 Å². The number of aromatic amines is 2. The van der Waals surface area contributed by atoms with E-state index in [0.29, 0.717) is 6.54 Å². The highest BCUT2D eigenvalue weighted by Gasteiger charge is 2.20. The first-order valence-electron chi connectivity index (χ1n) is 6.39. The third-order valence-corrected chi connectivity index (χ3v) is 3.30. The van der Waals surface area contributed by atoms with Gasteiger partial charge in [0.05, 0.1) is 0 Å². The smallest absolute Gasteiger partial charge is 0.325 e. The summed E-state index contributed by atoms with van der Waals surface area (Å²) >= 11 is 0. The minimum Gasteiger partial charge on any atom is -0.340 e. The molecule has 1 atom stereocenters. The van der Waals surface area contributed by atoms with Crippen LogP contribution in [0.15, 0.2) is 15.8 Å². The molecule has 1 amide bonds. The fourth-order valence-electron chi connectivity index (χ4n) is 2.27. The van der Waals surface area contributed by atoms with Crippen LogP contribution >= 0.6 is 0 Å². The second kappa shape index (κ2) is 5.83. The van der Waals surface area contributed by atoms with Gasteiger partial charge in [0, 0.05) is 25.8 Å². The number of rotatable bonds is 3. The van der Waals surface area contributed by atoms with Gasteiger partial charge in [-0.25, -0.2) is 4.79 Å². The molecule has 3 N–H and O–H groups in total. The molecule has 7 nitrogen and oxygen atoms in total. The van der Waals surface area contributed by atoms with E-state index < -0.39 is 11.2 Å². The molecule has 2 rings (SSSR count). The van der Waals surface area contributed by atoms with E-state index >= 15 is 0 Å². The summed E-state index contributed by atoms with van der Waals surface area (Å²) in [4.78, 5) is 40.4. The Morgan fingerprint density at radius 3 is 2.84 bits per heavy atom. The number of hydrogen-bond donors (Lipinski definition) is 3. The topological polar surface area (TPSA) is 98.1 Å². The Bertz CT molecular complexity index is 557. The van der Waals surface area contributed by atoms with Crippen molar-refractivity contribution in [3.05, 3.63) is 32.6 Å². The molecule has 19 heavy (non-hydrogen) atoms. The van der Waals surface area contributed by atoms with Gasteiger partial charge in [-0.05, 0) is 19.4 Å². The lowest BCUT2D eigenvalue weighted by molar-refractivity contribution is 0.0773. The SMILES string of the molecule is CN(CC1CCCCN1)C(=O)c1c[nH]c(=O)[nH]c1=O. The number of aromatic nitrogens is 2. The lowest BCUT2D eigenvalue weighted by atomic mass is 10.0. The van der Waals surface area contributed by atoms with Gasteiger partial charge in [0.1, 0.15) is 5.56 Å². The number of likely N-dealkylation sites (N-methyl/N-ethyl adjacent to an activating group) is 1. The van der Waals surface area contributed by atoms with Crippen LogP contribution in [0.4, 0.5) is 0 Å². The van der Waals surface area contributed by atoms with Gasteiger partial charge in [0.2, 0.25) is 0 Å². The Morgan fingerprint density at radius 2 is 2.21 bits per heavy atom. The molecular weight excluding hydrogens is 248 g/mol. The average molecular weight is 266 g/mol. The summed E-state index contributed by atoms with van der Waals surface area (Å²) in [5.74, 6) is -0.384. The van der Waals surface area contributed by atoms with Crippen LogP contribution in [0.5, 0.6) is 0 Å². The van der Waals surface area contributed by atoms with Crippen molar-refractivity contribution in [2.75, 3.05) is 20.1 Å². The number of nitrogens with zero attached hydrogens (tertiary/aromatic N) is 1. The lowest BCUT2D eigenvalue weighted by Crippen LogP contribution is -2.45. The molecule has 0 bridgehead atoms. The first-order chi connectivity index (χ1) is 9.08. The number of carbonyl (C=O) groups excluding carboxylic acids is 1. The zero-order valence-corrected chi connectivity index (χ0v) is 10.9. The van der Waals surface area contributed by atoms with E-state index in [1.165, 1.54) is 4.90 Å². The van der Waals surface area contributed by atoms with E-state index in [4.69, 9.17) is 0 Å². The van der Waals surface area contributed by atoms with Crippen LogP contribution in [0.1, 0.15) is 29.6 Å². The van der Waals surface area contributed by atoms with Gasteiger partial charge < -0.3 is 15.2 Å². The van der Waals surface area contributed by atoms with Crippen LogP contribution in [-0.2, 0) is 0 Å². The summed E-state index contributed by atoms with van der Waals surface area (Å²) in [7, 11) is 1.66. The molecule has 0 aromatic carbocycles. The summed E-state index contributed by atoms with van der Waals surface area (Å²) in [5, 5.41) is 3.34. The maximum absolute atomic E-state index is 12.1. The highest BCUT2D eigenvalue weighted by atomic mass is 16.2. The molecule has 2 heterocycles. The maximum atomic E-state index is 12.1. The van der Waals surface area contributed by atoms with E-state index in [2.05, 4.69) is 10.3 Å². The molecule has 1 aliphatic heterocycles. The number of carbonyl (C=O) groups is 1. The second-order valence-corrected chi connectivity index (χ2v) is 4.82. The average Bonchev–Trinajstić information content (AvgIpc) is 2.39. The minimum absolute atomic E-state index is 0.0436. The molecule has 0 spiro atoms. The third-order valence-electron chi connectivity index (χ3n) is 3.30. The van der Waals surface area contributed by atoms with Gasteiger partial charge in [-0.3, -0.25) is 14.6 Å². The summed E-state index contributed by atoms with van der Waals surface area (Å²) in [6.07, 6.45) is 4.50. The molecule has 0 saturated carbocycles. The van der Waals surface area contributed by atoms with Gasteiger partial charge in [0.25, 0.3) is 11.5 Å². The fourth-order valence-corrected chi connectivity index (χ4v) is 2.27. The molecule has 104 valence electrons. The van der Waals surface area contributed by atoms with Crippen LogP contribution in [-0.4, -0.2) is 47.0 Å². The molecule has 1 aromatic heterocycles. The van der Waals surface area contributed by atoms with Crippen LogP contribution in [0, 0.1) is 0 Å². The standard InChI is InChI=1S/C12H18N4O3/c1-16(7-8-4-2-3-5-13-8)11(18)9-6-14-12(19)15-10(9)17/h6,8,13H,2-5,7H2,1H3,(H2,14,15,17,19). The Balaban J connectivity index is 2.05. The van der Waals surface area contributed by atoms with Crippen molar-refractivity contribution in [1.82, 2.24) is 20.2 Å². The zero-order valence-electron chi connectivity index (χ0n) is 10.9. The third kappa shape index (κ3) is 3.31. The number of amides is 1. The molecule has 1 aliphatic rings. The number of H-pyrrole nitrogens is 2. The Hall–Kier alpha value is -1.89. The molecular formula is C12H18N4O3. The molecule has 7 heteroatoms. The molecule has 1 unspecified atom stereocenters. The second-order valence-electron chi connectivity index (χ2n) is 4.82. The van der Waals surface area contributed by atoms with E-state index in [1.54, 1.807) is 7.05 Å². The first-order valence-corrected chi connectivity index (χ1v) is 6.39. The Labute approximate surface area is 110 Å². The molecule has 1 fully saturated rings. The summed E-state index contributed by atoms with van der Waals surface area (Å²) in [5.41, 5.74) is -1.31. The van der Waals surface area contributed by atoms with Crippen LogP contribution < -0.4 is 16.6 Å². The maximum Gasteiger partial charge on any atom is 0.325 e. The van der Waals surface area contributed by atoms with Crippen molar-refractivity contribution >= 4 is 5.91 Å². The molecule has 0 aliphatic carbocycles. The Kier molecular flexibility index (Phi) is 4.16. The van der Waals surface area contributed by atoms with E-state index in [9.17, 15) is 14.4 Å². The normalized spacial score (nSPS) is 19.1. The van der Waals surface area contributed by atoms with Crippen molar-refractivity contribution in [1.29, 1.82) is 0 Å².